The molecule has 0 unspecified atom stereocenters. The zero-order chi connectivity index (χ0) is 24.2. The lowest BCUT2D eigenvalue weighted by Gasteiger charge is -2.11. The lowest BCUT2D eigenvalue weighted by molar-refractivity contribution is -0.119. The van der Waals surface area contributed by atoms with Gasteiger partial charge in [-0.1, -0.05) is 29.8 Å². The molecule has 0 aliphatic heterocycles. The van der Waals surface area contributed by atoms with Crippen molar-refractivity contribution >= 4 is 57.3 Å². The fraction of sp³-hybridized carbons (Fsp3) is 0.120. The van der Waals surface area contributed by atoms with Gasteiger partial charge >= 0.3 is 5.97 Å². The number of nitrogens with zero attached hydrogens (tertiary/aromatic N) is 2. The van der Waals surface area contributed by atoms with E-state index >= 15 is 0 Å². The Bertz CT molecular complexity index is 1380. The topological polar surface area (TPSA) is 88.6 Å². The third kappa shape index (κ3) is 5.24. The molecule has 2 heterocycles. The number of esters is 1. The van der Waals surface area contributed by atoms with Crippen LogP contribution in [-0.4, -0.2) is 48.4 Å². The number of carbonyl (C=O) groups excluding carboxylic acids is 3. The summed E-state index contributed by atoms with van der Waals surface area (Å²) in [5.74, 6) is -1.27. The zero-order valence-corrected chi connectivity index (χ0v) is 19.9. The van der Waals surface area contributed by atoms with Gasteiger partial charge in [0.05, 0.1) is 26.0 Å². The molecule has 0 saturated carbocycles. The molecule has 4 rings (SSSR count). The first kappa shape index (κ1) is 23.4. The number of fused-ring (bicyclic) bond motifs is 1. The maximum absolute atomic E-state index is 12.9. The number of para-hydroxylation sites is 1. The smallest absolute Gasteiger partial charge is 0.339 e. The molecule has 0 spiro atoms. The molecule has 0 atom stereocenters. The predicted molar refractivity (Wildman–Crippen MR) is 133 cm³/mol. The Labute approximate surface area is 204 Å². The van der Waals surface area contributed by atoms with Crippen LogP contribution in [0.1, 0.15) is 20.7 Å². The molecule has 7 nitrogen and oxygen atoms in total. The minimum absolute atomic E-state index is 0.138. The van der Waals surface area contributed by atoms with E-state index in [2.05, 4.69) is 10.3 Å². The summed E-state index contributed by atoms with van der Waals surface area (Å²) >= 11 is 7.41. The Balaban J connectivity index is 1.47. The number of pyridine rings is 1. The minimum Gasteiger partial charge on any atom is -0.452 e. The quantitative estimate of drug-likeness (QED) is 0.377. The average molecular weight is 494 g/mol. The molecule has 2 amide bonds. The van der Waals surface area contributed by atoms with Crippen molar-refractivity contribution in [2.45, 2.75) is 0 Å². The van der Waals surface area contributed by atoms with Gasteiger partial charge < -0.3 is 15.0 Å². The molecule has 2 aromatic carbocycles. The lowest BCUT2D eigenvalue weighted by Crippen LogP contribution is -2.22. The number of aromatic nitrogens is 1. The molecular weight excluding hydrogens is 474 g/mol. The highest BCUT2D eigenvalue weighted by Crippen LogP contribution is 2.32. The van der Waals surface area contributed by atoms with E-state index in [1.54, 1.807) is 62.6 Å². The molecule has 2 aromatic heterocycles. The van der Waals surface area contributed by atoms with Crippen molar-refractivity contribution in [2.24, 2.45) is 0 Å². The van der Waals surface area contributed by atoms with Crippen LogP contribution in [-0.2, 0) is 9.53 Å². The third-order valence-corrected chi connectivity index (χ3v) is 6.17. The molecular formula is C25H20ClN3O4S. The van der Waals surface area contributed by atoms with Crippen molar-refractivity contribution in [1.82, 2.24) is 9.88 Å². The van der Waals surface area contributed by atoms with Gasteiger partial charge in [0, 0.05) is 30.7 Å². The van der Waals surface area contributed by atoms with E-state index in [1.165, 1.54) is 16.2 Å². The standard InChI is InChI=1S/C25H20ClN3O4S/c1-29(2)24(31)15-7-9-16(10-8-15)27-23(30)14-33-25(32)18-13-20(21-11-12-22(26)34-21)28-19-6-4-3-5-17(18)19/h3-13H,14H2,1-2H3,(H,27,30). The third-order valence-electron chi connectivity index (χ3n) is 4.92. The van der Waals surface area contributed by atoms with Crippen LogP contribution < -0.4 is 5.32 Å². The highest BCUT2D eigenvalue weighted by atomic mass is 35.5. The van der Waals surface area contributed by atoms with Crippen LogP contribution in [0.4, 0.5) is 5.69 Å². The number of carbonyl (C=O) groups is 3. The Morgan fingerprint density at radius 2 is 1.76 bits per heavy atom. The molecule has 1 N–H and O–H groups in total. The van der Waals surface area contributed by atoms with Gasteiger partial charge in [0.1, 0.15) is 0 Å². The van der Waals surface area contributed by atoms with Crippen LogP contribution in [0, 0.1) is 0 Å². The van der Waals surface area contributed by atoms with Gasteiger partial charge in [-0.25, -0.2) is 9.78 Å². The number of anilines is 1. The van der Waals surface area contributed by atoms with Gasteiger partial charge in [0.25, 0.3) is 11.8 Å². The summed E-state index contributed by atoms with van der Waals surface area (Å²) in [5, 5.41) is 3.28. The number of amides is 2. The molecule has 0 aliphatic rings. The van der Waals surface area contributed by atoms with Crippen molar-refractivity contribution < 1.29 is 19.1 Å². The van der Waals surface area contributed by atoms with E-state index in [0.29, 0.717) is 37.7 Å². The number of hydrogen-bond acceptors (Lipinski definition) is 6. The van der Waals surface area contributed by atoms with Crippen molar-refractivity contribution in [3.8, 4) is 10.6 Å². The number of thiophene rings is 1. The van der Waals surface area contributed by atoms with Gasteiger partial charge in [0.2, 0.25) is 0 Å². The monoisotopic (exact) mass is 493 g/mol. The first-order chi connectivity index (χ1) is 16.3. The average Bonchev–Trinajstić information content (AvgIpc) is 3.28. The molecule has 0 fully saturated rings. The van der Waals surface area contributed by atoms with E-state index in [-0.39, 0.29) is 5.91 Å². The van der Waals surface area contributed by atoms with Crippen LogP contribution in [0.5, 0.6) is 0 Å². The first-order valence-electron chi connectivity index (χ1n) is 10.3. The van der Waals surface area contributed by atoms with Gasteiger partial charge in [0.15, 0.2) is 6.61 Å². The SMILES string of the molecule is CN(C)C(=O)c1ccc(NC(=O)COC(=O)c2cc(-c3ccc(Cl)s3)nc3ccccc23)cc1. The van der Waals surface area contributed by atoms with E-state index in [9.17, 15) is 14.4 Å². The van der Waals surface area contributed by atoms with E-state index in [4.69, 9.17) is 16.3 Å². The lowest BCUT2D eigenvalue weighted by atomic mass is 10.1. The summed E-state index contributed by atoms with van der Waals surface area (Å²) in [6.45, 7) is -0.464. The predicted octanol–water partition coefficient (Wildman–Crippen LogP) is 5.11. The maximum Gasteiger partial charge on any atom is 0.339 e. The van der Waals surface area contributed by atoms with Gasteiger partial charge in [-0.2, -0.15) is 0 Å². The molecule has 0 aliphatic carbocycles. The van der Waals surface area contributed by atoms with Crippen LogP contribution in [0.2, 0.25) is 4.34 Å². The van der Waals surface area contributed by atoms with Crippen molar-refractivity contribution in [3.63, 3.8) is 0 Å². The largest absolute Gasteiger partial charge is 0.452 e. The summed E-state index contributed by atoms with van der Waals surface area (Å²) in [6.07, 6.45) is 0. The van der Waals surface area contributed by atoms with Crippen molar-refractivity contribution in [3.05, 3.63) is 82.2 Å². The highest BCUT2D eigenvalue weighted by Gasteiger charge is 2.17. The summed E-state index contributed by atoms with van der Waals surface area (Å²) in [7, 11) is 3.33. The van der Waals surface area contributed by atoms with Crippen LogP contribution in [0.25, 0.3) is 21.5 Å². The highest BCUT2D eigenvalue weighted by molar-refractivity contribution is 7.19. The number of rotatable bonds is 6. The number of hydrogen-bond donors (Lipinski definition) is 1. The second-order valence-electron chi connectivity index (χ2n) is 7.58. The molecule has 0 bridgehead atoms. The maximum atomic E-state index is 12.9. The number of ether oxygens (including phenoxy) is 1. The molecule has 4 aromatic rings. The summed E-state index contributed by atoms with van der Waals surface area (Å²) in [5.41, 5.74) is 2.53. The number of benzene rings is 2. The van der Waals surface area contributed by atoms with Gasteiger partial charge in [-0.3, -0.25) is 9.59 Å². The Morgan fingerprint density at radius 1 is 1.03 bits per heavy atom. The molecule has 34 heavy (non-hydrogen) atoms. The van der Waals surface area contributed by atoms with Gasteiger partial charge in [-0.05, 0) is 48.5 Å². The van der Waals surface area contributed by atoms with E-state index < -0.39 is 18.5 Å². The summed E-state index contributed by atoms with van der Waals surface area (Å²) in [4.78, 5) is 44.1. The molecule has 0 saturated heterocycles. The van der Waals surface area contributed by atoms with Crippen LogP contribution in [0.3, 0.4) is 0 Å². The fourth-order valence-electron chi connectivity index (χ4n) is 3.28. The van der Waals surface area contributed by atoms with Crippen LogP contribution >= 0.6 is 22.9 Å². The van der Waals surface area contributed by atoms with Crippen molar-refractivity contribution in [1.29, 1.82) is 0 Å². The molecule has 172 valence electrons. The number of nitrogens with one attached hydrogen (secondary N) is 1. The first-order valence-corrected chi connectivity index (χ1v) is 11.5. The van der Waals surface area contributed by atoms with Crippen molar-refractivity contribution in [2.75, 3.05) is 26.0 Å². The van der Waals surface area contributed by atoms with E-state index in [0.717, 1.165) is 4.88 Å². The Kier molecular flexibility index (Phi) is 6.90. The second kappa shape index (κ2) is 10.0. The molecule has 0 radical (unpaired) electrons. The fourth-order valence-corrected chi connectivity index (χ4v) is 4.29. The number of halogens is 1. The Hall–Kier alpha value is -3.75. The Morgan fingerprint density at radius 3 is 2.44 bits per heavy atom. The second-order valence-corrected chi connectivity index (χ2v) is 9.29. The summed E-state index contributed by atoms with van der Waals surface area (Å²) in [6, 6.07) is 18.9. The minimum atomic E-state index is -0.635. The van der Waals surface area contributed by atoms with Crippen LogP contribution in [0.15, 0.2) is 66.7 Å². The normalized spacial score (nSPS) is 10.7. The molecule has 9 heteroatoms. The zero-order valence-electron chi connectivity index (χ0n) is 18.4. The van der Waals surface area contributed by atoms with Gasteiger partial charge in [-0.15, -0.1) is 11.3 Å². The summed E-state index contributed by atoms with van der Waals surface area (Å²) < 4.78 is 5.91. The van der Waals surface area contributed by atoms with E-state index in [1.807, 2.05) is 18.2 Å².